The van der Waals surface area contributed by atoms with Gasteiger partial charge in [-0.15, -0.1) is 0 Å². The highest BCUT2D eigenvalue weighted by Gasteiger charge is 2.08. The highest BCUT2D eigenvalue weighted by molar-refractivity contribution is 7.80. The summed E-state index contributed by atoms with van der Waals surface area (Å²) in [5.74, 6) is 0. The molecule has 6 heteroatoms. The minimum absolute atomic E-state index is 0.132. The molecule has 0 aromatic carbocycles. The molecular formula is C12H14N4OS. The molecule has 0 fully saturated rings. The zero-order valence-electron chi connectivity index (χ0n) is 10.0. The molecular weight excluding hydrogens is 248 g/mol. The summed E-state index contributed by atoms with van der Waals surface area (Å²) in [6, 6.07) is 5.37. The summed E-state index contributed by atoms with van der Waals surface area (Å²) in [5, 5.41) is 4.10. The largest absolute Gasteiger partial charge is 0.389 e. The van der Waals surface area contributed by atoms with E-state index in [-0.39, 0.29) is 10.5 Å². The van der Waals surface area contributed by atoms with E-state index in [0.29, 0.717) is 18.7 Å². The molecule has 0 aliphatic carbocycles. The number of rotatable bonds is 4. The van der Waals surface area contributed by atoms with Crippen molar-refractivity contribution in [1.29, 1.82) is 0 Å². The minimum atomic E-state index is -0.144. The van der Waals surface area contributed by atoms with E-state index in [1.165, 1.54) is 0 Å². The predicted octanol–water partition coefficient (Wildman–Crippen LogP) is 0.688. The van der Waals surface area contributed by atoms with Crippen molar-refractivity contribution in [3.05, 3.63) is 52.2 Å². The number of nitrogens with two attached hydrogens (primary N) is 1. The lowest BCUT2D eigenvalue weighted by Crippen LogP contribution is -2.31. The molecule has 2 aromatic heterocycles. The van der Waals surface area contributed by atoms with Crippen molar-refractivity contribution < 1.29 is 0 Å². The number of hydrogen-bond donors (Lipinski definition) is 1. The Morgan fingerprint density at radius 2 is 2.22 bits per heavy atom. The first kappa shape index (κ1) is 12.5. The average molecular weight is 262 g/mol. The van der Waals surface area contributed by atoms with Gasteiger partial charge < -0.3 is 10.3 Å². The van der Waals surface area contributed by atoms with E-state index in [1.54, 1.807) is 21.5 Å². The van der Waals surface area contributed by atoms with Crippen LogP contribution in [0.4, 0.5) is 0 Å². The standard InChI is InChI=1S/C12H14N4OS/c1-9-3-4-10(11(13)18)12(17)16(9)8-7-15-6-2-5-14-15/h2-6H,7-8H2,1H3,(H2,13,18). The lowest BCUT2D eigenvalue weighted by atomic mass is 10.2. The summed E-state index contributed by atoms with van der Waals surface area (Å²) in [6.45, 7) is 3.06. The van der Waals surface area contributed by atoms with Gasteiger partial charge in [0.25, 0.3) is 5.56 Å². The number of thiocarbonyl (C=S) groups is 1. The number of aryl methyl sites for hydroxylation is 2. The summed E-state index contributed by atoms with van der Waals surface area (Å²) in [7, 11) is 0. The van der Waals surface area contributed by atoms with Crippen LogP contribution in [0.25, 0.3) is 0 Å². The van der Waals surface area contributed by atoms with E-state index in [4.69, 9.17) is 18.0 Å². The predicted molar refractivity (Wildman–Crippen MR) is 73.6 cm³/mol. The second kappa shape index (κ2) is 5.14. The van der Waals surface area contributed by atoms with Gasteiger partial charge in [0.15, 0.2) is 0 Å². The van der Waals surface area contributed by atoms with Gasteiger partial charge in [0.1, 0.15) is 4.99 Å². The van der Waals surface area contributed by atoms with Gasteiger partial charge in [-0.2, -0.15) is 5.10 Å². The molecule has 0 radical (unpaired) electrons. The zero-order valence-corrected chi connectivity index (χ0v) is 10.9. The van der Waals surface area contributed by atoms with Crippen LogP contribution in [0, 0.1) is 6.92 Å². The van der Waals surface area contributed by atoms with Crippen molar-refractivity contribution in [1.82, 2.24) is 14.3 Å². The van der Waals surface area contributed by atoms with E-state index in [2.05, 4.69) is 5.10 Å². The molecule has 0 bridgehead atoms. The van der Waals surface area contributed by atoms with Gasteiger partial charge in [0, 0.05) is 24.6 Å². The topological polar surface area (TPSA) is 65.8 Å². The SMILES string of the molecule is Cc1ccc(C(N)=S)c(=O)n1CCn1cccn1. The van der Waals surface area contributed by atoms with Crippen LogP contribution in [-0.4, -0.2) is 19.3 Å². The Balaban J connectivity index is 2.29. The zero-order chi connectivity index (χ0) is 13.1. The molecule has 2 aromatic rings. The Hall–Kier alpha value is -1.95. The van der Waals surface area contributed by atoms with Crippen LogP contribution >= 0.6 is 12.2 Å². The van der Waals surface area contributed by atoms with Crippen LogP contribution in [0.2, 0.25) is 0 Å². The monoisotopic (exact) mass is 262 g/mol. The van der Waals surface area contributed by atoms with Gasteiger partial charge in [-0.1, -0.05) is 12.2 Å². The molecule has 18 heavy (non-hydrogen) atoms. The molecule has 2 N–H and O–H groups in total. The lowest BCUT2D eigenvalue weighted by molar-refractivity contribution is 0.516. The average Bonchev–Trinajstić information content (AvgIpc) is 2.81. The van der Waals surface area contributed by atoms with E-state index >= 15 is 0 Å². The molecule has 0 saturated heterocycles. The quantitative estimate of drug-likeness (QED) is 0.823. The van der Waals surface area contributed by atoms with Crippen molar-refractivity contribution in [3.8, 4) is 0 Å². The van der Waals surface area contributed by atoms with Gasteiger partial charge in [0.05, 0.1) is 12.1 Å². The third kappa shape index (κ3) is 2.48. The minimum Gasteiger partial charge on any atom is -0.389 e. The second-order valence-electron chi connectivity index (χ2n) is 3.98. The maximum Gasteiger partial charge on any atom is 0.261 e. The molecule has 0 unspecified atom stereocenters. The van der Waals surface area contributed by atoms with Crippen molar-refractivity contribution in [3.63, 3.8) is 0 Å². The first-order valence-electron chi connectivity index (χ1n) is 5.57. The molecule has 0 saturated carbocycles. The maximum absolute atomic E-state index is 12.2. The van der Waals surface area contributed by atoms with E-state index in [9.17, 15) is 4.79 Å². The normalized spacial score (nSPS) is 10.5. The van der Waals surface area contributed by atoms with Crippen molar-refractivity contribution in [2.45, 2.75) is 20.0 Å². The third-order valence-electron chi connectivity index (χ3n) is 2.77. The number of pyridine rings is 1. The van der Waals surface area contributed by atoms with Crippen molar-refractivity contribution in [2.75, 3.05) is 0 Å². The van der Waals surface area contributed by atoms with Crippen LogP contribution in [0.15, 0.2) is 35.4 Å². The van der Waals surface area contributed by atoms with E-state index < -0.39 is 0 Å². The summed E-state index contributed by atoms with van der Waals surface area (Å²) in [6.07, 6.45) is 3.57. The van der Waals surface area contributed by atoms with Gasteiger partial charge in [-0.05, 0) is 25.1 Å². The molecule has 0 aliphatic heterocycles. The summed E-state index contributed by atoms with van der Waals surface area (Å²) in [4.78, 5) is 12.3. The molecule has 5 nitrogen and oxygen atoms in total. The van der Waals surface area contributed by atoms with Crippen LogP contribution in [0.1, 0.15) is 11.3 Å². The van der Waals surface area contributed by atoms with Crippen molar-refractivity contribution in [2.24, 2.45) is 5.73 Å². The summed E-state index contributed by atoms with van der Waals surface area (Å²) < 4.78 is 3.44. The molecule has 0 spiro atoms. The van der Waals surface area contributed by atoms with Crippen molar-refractivity contribution >= 4 is 17.2 Å². The highest BCUT2D eigenvalue weighted by Crippen LogP contribution is 1.99. The van der Waals surface area contributed by atoms with E-state index in [1.807, 2.05) is 25.3 Å². The molecule has 94 valence electrons. The van der Waals surface area contributed by atoms with E-state index in [0.717, 1.165) is 5.69 Å². The van der Waals surface area contributed by atoms with Crippen LogP contribution < -0.4 is 11.3 Å². The summed E-state index contributed by atoms with van der Waals surface area (Å²) >= 11 is 4.86. The van der Waals surface area contributed by atoms with Gasteiger partial charge >= 0.3 is 0 Å². The fourth-order valence-corrected chi connectivity index (χ4v) is 1.93. The van der Waals surface area contributed by atoms with Crippen LogP contribution in [0.5, 0.6) is 0 Å². The molecule has 0 atom stereocenters. The second-order valence-corrected chi connectivity index (χ2v) is 4.42. The summed E-state index contributed by atoms with van der Waals surface area (Å²) in [5.41, 5.74) is 6.65. The molecule has 2 heterocycles. The maximum atomic E-state index is 12.2. The molecule has 0 aliphatic rings. The van der Waals surface area contributed by atoms with Gasteiger partial charge in [-0.3, -0.25) is 9.48 Å². The first-order valence-corrected chi connectivity index (χ1v) is 5.98. The smallest absolute Gasteiger partial charge is 0.261 e. The fourth-order valence-electron chi connectivity index (χ4n) is 1.77. The molecule has 2 rings (SSSR count). The lowest BCUT2D eigenvalue weighted by Gasteiger charge is -2.11. The molecule has 0 amide bonds. The Kier molecular flexibility index (Phi) is 3.57. The third-order valence-corrected chi connectivity index (χ3v) is 2.99. The number of aromatic nitrogens is 3. The Morgan fingerprint density at radius 1 is 1.44 bits per heavy atom. The fraction of sp³-hybridized carbons (Fsp3) is 0.250. The Morgan fingerprint density at radius 3 is 2.83 bits per heavy atom. The first-order chi connectivity index (χ1) is 8.59. The van der Waals surface area contributed by atoms with Crippen LogP contribution in [-0.2, 0) is 13.1 Å². The number of nitrogens with zero attached hydrogens (tertiary/aromatic N) is 3. The van der Waals surface area contributed by atoms with Crippen LogP contribution in [0.3, 0.4) is 0 Å². The number of hydrogen-bond acceptors (Lipinski definition) is 3. The van der Waals surface area contributed by atoms with Gasteiger partial charge in [0.2, 0.25) is 0 Å². The Labute approximate surface area is 110 Å². The van der Waals surface area contributed by atoms with Gasteiger partial charge in [-0.25, -0.2) is 0 Å². The Bertz CT molecular complexity index is 616. The highest BCUT2D eigenvalue weighted by atomic mass is 32.1.